The maximum atomic E-state index is 12.0. The summed E-state index contributed by atoms with van der Waals surface area (Å²) < 4.78 is 119. The molecule has 0 saturated heterocycles. The van der Waals surface area contributed by atoms with Crippen LogP contribution in [0, 0.1) is 0 Å². The van der Waals surface area contributed by atoms with Crippen LogP contribution in [0.15, 0.2) is 0 Å². The Balaban J connectivity index is 4.82. The third-order valence-corrected chi connectivity index (χ3v) is 0.917. The van der Waals surface area contributed by atoms with Crippen molar-refractivity contribution in [3.63, 3.8) is 0 Å². The normalized spacial score (nSPS) is 15.2. The van der Waals surface area contributed by atoms with Crippen LogP contribution in [0.2, 0.25) is 0 Å². The largest absolute Gasteiger partial charge is 0.529 e. The average molecular weight is 286 g/mol. The first kappa shape index (κ1) is 16.2. The molecule has 13 heteroatoms. The van der Waals surface area contributed by atoms with E-state index in [-0.39, 0.29) is 0 Å². The highest BCUT2D eigenvalue weighted by Gasteiger charge is 2.67. The molecule has 0 N–H and O–H groups in total. The number of halogens is 10. The molecule has 0 aliphatic carbocycles. The van der Waals surface area contributed by atoms with Crippen molar-refractivity contribution in [1.82, 2.24) is 0 Å². The van der Waals surface area contributed by atoms with Gasteiger partial charge in [-0.1, -0.05) is 0 Å². The molecule has 0 spiro atoms. The highest BCUT2D eigenvalue weighted by atomic mass is 19.4. The Bertz CT molecular complexity index is 259. The van der Waals surface area contributed by atoms with E-state index in [0.29, 0.717) is 0 Å². The van der Waals surface area contributed by atoms with Crippen molar-refractivity contribution >= 4 is 0 Å². The van der Waals surface area contributed by atoms with Gasteiger partial charge in [-0.25, -0.2) is 4.74 Å². The summed E-state index contributed by atoms with van der Waals surface area (Å²) in [6.45, 7) is 0. The zero-order valence-electron chi connectivity index (χ0n) is 7.00. The van der Waals surface area contributed by atoms with Crippen LogP contribution in [0.25, 0.3) is 0 Å². The average Bonchev–Trinajstić information content (AvgIpc) is 1.96. The van der Waals surface area contributed by atoms with Crippen molar-refractivity contribution in [3.05, 3.63) is 0 Å². The van der Waals surface area contributed by atoms with Crippen molar-refractivity contribution in [2.45, 2.75) is 24.9 Å². The second kappa shape index (κ2) is 4.45. The number of ether oxygens (including phenoxy) is 2. The standard InChI is InChI=1S/C4F10O3/c5-1(6,2(7,8)17-14)15-4(12,13)16-3(9,10)11. The minimum absolute atomic E-state index is 1.30. The van der Waals surface area contributed by atoms with Crippen LogP contribution in [0.3, 0.4) is 0 Å². The molecule has 0 fully saturated rings. The molecule has 0 aliphatic rings. The summed E-state index contributed by atoms with van der Waals surface area (Å²) in [6.07, 6.45) is -25.0. The monoisotopic (exact) mass is 286 g/mol. The molecule has 0 radical (unpaired) electrons. The third-order valence-electron chi connectivity index (χ3n) is 0.917. The number of hydrogen-bond donors (Lipinski definition) is 0. The summed E-state index contributed by atoms with van der Waals surface area (Å²) in [5.41, 5.74) is 0. The molecule has 0 aromatic rings. The van der Waals surface area contributed by atoms with E-state index in [9.17, 15) is 44.0 Å². The molecule has 104 valence electrons. The Kier molecular flexibility index (Phi) is 4.24. The molecule has 0 rings (SSSR count). The molecule has 0 atom stereocenters. The van der Waals surface area contributed by atoms with Gasteiger partial charge in [-0.3, -0.25) is 0 Å². The van der Waals surface area contributed by atoms with Gasteiger partial charge < -0.3 is 0 Å². The molecule has 0 aliphatic heterocycles. The van der Waals surface area contributed by atoms with Crippen LogP contribution in [-0.4, -0.2) is 24.9 Å². The number of rotatable bonds is 5. The van der Waals surface area contributed by atoms with Crippen molar-refractivity contribution in [1.29, 1.82) is 0 Å². The lowest BCUT2D eigenvalue weighted by Crippen LogP contribution is -2.49. The number of alkyl halides is 9. The molecule has 0 aromatic carbocycles. The van der Waals surface area contributed by atoms with Crippen LogP contribution in [-0.2, 0) is 14.4 Å². The highest BCUT2D eigenvalue weighted by molar-refractivity contribution is 4.65. The fourth-order valence-corrected chi connectivity index (χ4v) is 0.409. The van der Waals surface area contributed by atoms with Crippen LogP contribution < -0.4 is 0 Å². The zero-order chi connectivity index (χ0) is 14.1. The fourth-order valence-electron chi connectivity index (χ4n) is 0.409. The molecular weight excluding hydrogens is 286 g/mol. The first-order chi connectivity index (χ1) is 7.22. The van der Waals surface area contributed by atoms with Crippen LogP contribution in [0.5, 0.6) is 0 Å². The third kappa shape index (κ3) is 4.91. The minimum atomic E-state index is -6.41. The van der Waals surface area contributed by atoms with E-state index in [0.717, 1.165) is 0 Å². The summed E-state index contributed by atoms with van der Waals surface area (Å²) >= 11 is 0. The molecule has 0 aromatic heterocycles. The van der Waals surface area contributed by atoms with Crippen molar-refractivity contribution in [3.8, 4) is 0 Å². The molecule has 0 heterocycles. The second-order valence-corrected chi connectivity index (χ2v) is 2.22. The molecule has 0 amide bonds. The molecule has 3 nitrogen and oxygen atoms in total. The first-order valence-corrected chi connectivity index (χ1v) is 3.13. The Morgan fingerprint density at radius 2 is 1.00 bits per heavy atom. The van der Waals surface area contributed by atoms with Gasteiger partial charge in [0.2, 0.25) is 0 Å². The minimum Gasteiger partial charge on any atom is -0.222 e. The van der Waals surface area contributed by atoms with Crippen LogP contribution in [0.4, 0.5) is 44.0 Å². The Hall–Kier alpha value is -0.820. The van der Waals surface area contributed by atoms with Gasteiger partial charge in [0.05, 0.1) is 0 Å². The Morgan fingerprint density at radius 1 is 0.588 bits per heavy atom. The van der Waals surface area contributed by atoms with Gasteiger partial charge in [-0.15, -0.1) is 26.9 Å². The van der Waals surface area contributed by atoms with Gasteiger partial charge in [-0.2, -0.15) is 22.3 Å². The van der Waals surface area contributed by atoms with Crippen LogP contribution >= 0.6 is 0 Å². The zero-order valence-corrected chi connectivity index (χ0v) is 7.00. The molecule has 17 heavy (non-hydrogen) atoms. The SMILES string of the molecule is FOC(F)(F)C(F)(F)OC(F)(F)OC(F)(F)F. The smallest absolute Gasteiger partial charge is 0.222 e. The van der Waals surface area contributed by atoms with Gasteiger partial charge in [0, 0.05) is 0 Å². The van der Waals surface area contributed by atoms with E-state index in [2.05, 4.69) is 0 Å². The molecule has 0 bridgehead atoms. The van der Waals surface area contributed by atoms with Gasteiger partial charge in [0.1, 0.15) is 0 Å². The van der Waals surface area contributed by atoms with Gasteiger partial charge >= 0.3 is 24.9 Å². The topological polar surface area (TPSA) is 27.7 Å². The van der Waals surface area contributed by atoms with E-state index >= 15 is 0 Å². The van der Waals surface area contributed by atoms with Gasteiger partial charge in [-0.05, 0) is 4.53 Å². The predicted octanol–water partition coefficient (Wildman–Crippen LogP) is 3.18. The number of hydrogen-bond acceptors (Lipinski definition) is 3. The molecule has 0 saturated carbocycles. The van der Waals surface area contributed by atoms with E-state index < -0.39 is 24.9 Å². The maximum absolute atomic E-state index is 12.0. The van der Waals surface area contributed by atoms with Crippen molar-refractivity contribution in [2.24, 2.45) is 0 Å². The lowest BCUT2D eigenvalue weighted by atomic mass is 10.6. The predicted molar refractivity (Wildman–Crippen MR) is 25.3 cm³/mol. The van der Waals surface area contributed by atoms with Crippen molar-refractivity contribution < 1.29 is 58.5 Å². The summed E-state index contributed by atoms with van der Waals surface area (Å²) in [5, 5.41) is 0. The maximum Gasteiger partial charge on any atom is 0.529 e. The van der Waals surface area contributed by atoms with E-state index in [4.69, 9.17) is 0 Å². The van der Waals surface area contributed by atoms with E-state index in [1.807, 2.05) is 0 Å². The second-order valence-electron chi connectivity index (χ2n) is 2.22. The van der Waals surface area contributed by atoms with Gasteiger partial charge in [0.15, 0.2) is 0 Å². The summed E-state index contributed by atoms with van der Waals surface area (Å²) in [5.74, 6) is 0. The summed E-state index contributed by atoms with van der Waals surface area (Å²) in [4.78, 5) is 1.30. The van der Waals surface area contributed by atoms with Gasteiger partial charge in [0.25, 0.3) is 0 Å². The molecular formula is C4F10O3. The van der Waals surface area contributed by atoms with Crippen LogP contribution in [0.1, 0.15) is 0 Å². The summed E-state index contributed by atoms with van der Waals surface area (Å²) in [6, 6.07) is 0. The lowest BCUT2D eigenvalue weighted by Gasteiger charge is -2.26. The molecule has 0 unspecified atom stereocenters. The highest BCUT2D eigenvalue weighted by Crippen LogP contribution is 2.42. The fraction of sp³-hybridized carbons (Fsp3) is 1.00. The van der Waals surface area contributed by atoms with E-state index in [1.54, 1.807) is 9.47 Å². The quantitative estimate of drug-likeness (QED) is 0.574. The van der Waals surface area contributed by atoms with E-state index in [1.165, 1.54) is 4.94 Å². The van der Waals surface area contributed by atoms with Crippen molar-refractivity contribution in [2.75, 3.05) is 0 Å². The summed E-state index contributed by atoms with van der Waals surface area (Å²) in [7, 11) is 0. The Morgan fingerprint density at radius 3 is 1.29 bits per heavy atom. The Labute approximate surface area is 84.7 Å². The first-order valence-electron chi connectivity index (χ1n) is 3.13. The lowest BCUT2D eigenvalue weighted by molar-refractivity contribution is -0.576.